The first-order valence-electron chi connectivity index (χ1n) is 4.84. The predicted octanol–water partition coefficient (Wildman–Crippen LogP) is 2.41. The maximum absolute atomic E-state index is 10.5. The van der Waals surface area contributed by atoms with Gasteiger partial charge in [-0.25, -0.2) is 9.97 Å². The highest BCUT2D eigenvalue weighted by atomic mass is 32.2. The Hall–Kier alpha value is -2.46. The number of aromatic nitrogens is 2. The zero-order valence-electron chi connectivity index (χ0n) is 8.98. The Kier molecular flexibility index (Phi) is 3.50. The van der Waals surface area contributed by atoms with Crippen LogP contribution in [-0.4, -0.2) is 14.9 Å². The Morgan fingerprint density at radius 1 is 1.28 bits per heavy atom. The van der Waals surface area contributed by atoms with Gasteiger partial charge in [-0.2, -0.15) is 5.26 Å². The second-order valence-corrected chi connectivity index (χ2v) is 4.23. The van der Waals surface area contributed by atoms with Crippen molar-refractivity contribution in [1.29, 1.82) is 5.26 Å². The van der Waals surface area contributed by atoms with Gasteiger partial charge in [0.1, 0.15) is 11.8 Å². The summed E-state index contributed by atoms with van der Waals surface area (Å²) in [5.74, 6) is 0. The third-order valence-corrected chi connectivity index (χ3v) is 2.89. The van der Waals surface area contributed by atoms with Crippen LogP contribution in [0.1, 0.15) is 5.69 Å². The molecule has 0 saturated heterocycles. The zero-order chi connectivity index (χ0) is 13.0. The van der Waals surface area contributed by atoms with Crippen molar-refractivity contribution in [1.82, 2.24) is 9.97 Å². The van der Waals surface area contributed by atoms with Crippen molar-refractivity contribution in [2.45, 2.75) is 10.1 Å². The molecule has 1 heterocycles. The van der Waals surface area contributed by atoms with Crippen LogP contribution in [0.25, 0.3) is 0 Å². The lowest BCUT2D eigenvalue weighted by Crippen LogP contribution is -1.89. The number of hydrogen-bond donors (Lipinski definition) is 0. The van der Waals surface area contributed by atoms with Gasteiger partial charge >= 0.3 is 0 Å². The minimum Gasteiger partial charge on any atom is -0.258 e. The molecule has 88 valence electrons. The number of benzene rings is 1. The number of hydrogen-bond acceptors (Lipinski definition) is 6. The highest BCUT2D eigenvalue weighted by molar-refractivity contribution is 7.99. The fraction of sp³-hybridized carbons (Fsp3) is 0. The van der Waals surface area contributed by atoms with Crippen LogP contribution in [-0.2, 0) is 0 Å². The first kappa shape index (κ1) is 12.0. The van der Waals surface area contributed by atoms with Gasteiger partial charge in [-0.3, -0.25) is 10.1 Å². The molecule has 7 heteroatoms. The second kappa shape index (κ2) is 5.25. The molecule has 0 aliphatic heterocycles. The molecule has 0 N–H and O–H groups in total. The molecule has 0 spiro atoms. The summed E-state index contributed by atoms with van der Waals surface area (Å²) in [6.07, 6.45) is 1.50. The number of nitro benzene ring substituents is 1. The van der Waals surface area contributed by atoms with Gasteiger partial charge in [0.25, 0.3) is 5.69 Å². The Bertz CT molecular complexity index is 622. The lowest BCUT2D eigenvalue weighted by molar-refractivity contribution is -0.384. The minimum absolute atomic E-state index is 0.0334. The number of non-ortho nitro benzene ring substituents is 1. The maximum Gasteiger partial charge on any atom is 0.269 e. The first-order valence-corrected chi connectivity index (χ1v) is 5.66. The molecule has 1 aromatic heterocycles. The topological polar surface area (TPSA) is 92.7 Å². The summed E-state index contributed by atoms with van der Waals surface area (Å²) in [5.41, 5.74) is 0.320. The number of nitro groups is 1. The molecule has 0 unspecified atom stereocenters. The molecule has 0 amide bonds. The van der Waals surface area contributed by atoms with Crippen molar-refractivity contribution < 1.29 is 4.92 Å². The fourth-order valence-corrected chi connectivity index (χ4v) is 1.93. The van der Waals surface area contributed by atoms with Crippen LogP contribution in [0.5, 0.6) is 0 Å². The standard InChI is InChI=1S/C11H6N4O2S/c12-7-8-5-6-13-11(14-8)18-10-3-1-9(2-4-10)15(16)17/h1-6H. The van der Waals surface area contributed by atoms with Gasteiger partial charge in [0, 0.05) is 23.2 Å². The molecule has 0 radical (unpaired) electrons. The average Bonchev–Trinajstić information content (AvgIpc) is 2.39. The van der Waals surface area contributed by atoms with Gasteiger partial charge < -0.3 is 0 Å². The van der Waals surface area contributed by atoms with E-state index in [1.807, 2.05) is 6.07 Å². The summed E-state index contributed by atoms with van der Waals surface area (Å²) in [6.45, 7) is 0. The smallest absolute Gasteiger partial charge is 0.258 e. The van der Waals surface area contributed by atoms with Gasteiger partial charge in [-0.05, 0) is 30.0 Å². The maximum atomic E-state index is 10.5. The van der Waals surface area contributed by atoms with Crippen molar-refractivity contribution in [3.8, 4) is 6.07 Å². The largest absolute Gasteiger partial charge is 0.269 e. The van der Waals surface area contributed by atoms with Crippen molar-refractivity contribution in [2.24, 2.45) is 0 Å². The van der Waals surface area contributed by atoms with Crippen molar-refractivity contribution >= 4 is 17.4 Å². The Balaban J connectivity index is 2.18. The van der Waals surface area contributed by atoms with Gasteiger partial charge in [-0.1, -0.05) is 0 Å². The molecule has 2 rings (SSSR count). The SMILES string of the molecule is N#Cc1ccnc(Sc2ccc([N+](=O)[O-])cc2)n1. The minimum atomic E-state index is -0.457. The normalized spacial score (nSPS) is 9.72. The third kappa shape index (κ3) is 2.81. The molecule has 2 aromatic rings. The van der Waals surface area contributed by atoms with E-state index in [2.05, 4.69) is 9.97 Å². The monoisotopic (exact) mass is 258 g/mol. The second-order valence-electron chi connectivity index (χ2n) is 3.19. The van der Waals surface area contributed by atoms with Crippen LogP contribution < -0.4 is 0 Å². The molecule has 18 heavy (non-hydrogen) atoms. The van der Waals surface area contributed by atoms with Gasteiger partial charge in [-0.15, -0.1) is 0 Å². The van der Waals surface area contributed by atoms with E-state index >= 15 is 0 Å². The Morgan fingerprint density at radius 3 is 2.61 bits per heavy atom. The Morgan fingerprint density at radius 2 is 2.00 bits per heavy atom. The highest BCUT2D eigenvalue weighted by Crippen LogP contribution is 2.26. The van der Waals surface area contributed by atoms with Crippen molar-refractivity contribution in [3.05, 3.63) is 52.3 Å². The molecule has 6 nitrogen and oxygen atoms in total. The molecular formula is C11H6N4O2S. The lowest BCUT2D eigenvalue weighted by atomic mass is 10.3. The van der Waals surface area contributed by atoms with Crippen molar-refractivity contribution in [3.63, 3.8) is 0 Å². The van der Waals surface area contributed by atoms with E-state index in [-0.39, 0.29) is 11.4 Å². The molecule has 0 saturated carbocycles. The summed E-state index contributed by atoms with van der Waals surface area (Å²) < 4.78 is 0. The molecule has 0 fully saturated rings. The van der Waals surface area contributed by atoms with E-state index in [0.717, 1.165) is 4.90 Å². The molecule has 0 aliphatic rings. The van der Waals surface area contributed by atoms with Crippen LogP contribution >= 0.6 is 11.8 Å². The zero-order valence-corrected chi connectivity index (χ0v) is 9.79. The van der Waals surface area contributed by atoms with Gasteiger partial charge in [0.15, 0.2) is 5.16 Å². The van der Waals surface area contributed by atoms with Crippen molar-refractivity contribution in [2.75, 3.05) is 0 Å². The van der Waals surface area contributed by atoms with Gasteiger partial charge in [0.2, 0.25) is 0 Å². The summed E-state index contributed by atoms with van der Waals surface area (Å²) in [5, 5.41) is 19.6. The summed E-state index contributed by atoms with van der Waals surface area (Å²) in [4.78, 5) is 18.8. The van der Waals surface area contributed by atoms with E-state index in [1.165, 1.54) is 36.2 Å². The first-order chi connectivity index (χ1) is 8.69. The third-order valence-electron chi connectivity index (χ3n) is 2.00. The number of nitrogens with zero attached hydrogens (tertiary/aromatic N) is 4. The van der Waals surface area contributed by atoms with Crippen LogP contribution in [0.2, 0.25) is 0 Å². The fourth-order valence-electron chi connectivity index (χ4n) is 1.19. The molecule has 1 aromatic carbocycles. The van der Waals surface area contributed by atoms with Gasteiger partial charge in [0.05, 0.1) is 4.92 Å². The van der Waals surface area contributed by atoms with E-state index in [0.29, 0.717) is 5.16 Å². The van der Waals surface area contributed by atoms with E-state index in [4.69, 9.17) is 5.26 Å². The molecule has 0 bridgehead atoms. The average molecular weight is 258 g/mol. The number of nitriles is 1. The quantitative estimate of drug-likeness (QED) is 0.476. The Labute approximate surface area is 106 Å². The number of rotatable bonds is 3. The van der Waals surface area contributed by atoms with Crippen LogP contribution in [0.3, 0.4) is 0 Å². The molecule has 0 atom stereocenters. The predicted molar refractivity (Wildman–Crippen MR) is 64.0 cm³/mol. The highest BCUT2D eigenvalue weighted by Gasteiger charge is 2.06. The lowest BCUT2D eigenvalue weighted by Gasteiger charge is -1.99. The van der Waals surface area contributed by atoms with Crippen LogP contribution in [0.4, 0.5) is 5.69 Å². The molecule has 0 aliphatic carbocycles. The summed E-state index contributed by atoms with van der Waals surface area (Å²) in [7, 11) is 0. The summed E-state index contributed by atoms with van der Waals surface area (Å²) in [6, 6.07) is 9.50. The van der Waals surface area contributed by atoms with Crippen LogP contribution in [0.15, 0.2) is 46.6 Å². The van der Waals surface area contributed by atoms with E-state index in [9.17, 15) is 10.1 Å². The van der Waals surface area contributed by atoms with E-state index < -0.39 is 4.92 Å². The summed E-state index contributed by atoms with van der Waals surface area (Å²) >= 11 is 1.24. The van der Waals surface area contributed by atoms with Crippen LogP contribution in [0, 0.1) is 21.4 Å². The van der Waals surface area contributed by atoms with E-state index in [1.54, 1.807) is 12.1 Å². The molecular weight excluding hydrogens is 252 g/mol.